The SMILES string of the molecule is C=CCN(CC(F)(F)F)C(=O)c1nn(CC(C)C)c(=O)c2ccccc12. The lowest BCUT2D eigenvalue weighted by Gasteiger charge is -2.23. The van der Waals surface area contributed by atoms with Gasteiger partial charge in [0.2, 0.25) is 0 Å². The van der Waals surface area contributed by atoms with E-state index in [2.05, 4.69) is 11.7 Å². The Balaban J connectivity index is 2.62. The van der Waals surface area contributed by atoms with Crippen molar-refractivity contribution in [2.45, 2.75) is 26.6 Å². The minimum absolute atomic E-state index is 0.0729. The Morgan fingerprint density at radius 2 is 1.92 bits per heavy atom. The first-order valence-electron chi connectivity index (χ1n) is 8.11. The molecule has 2 aromatic rings. The number of alkyl halides is 3. The molecule has 2 rings (SSSR count). The van der Waals surface area contributed by atoms with E-state index in [1.54, 1.807) is 12.1 Å². The molecule has 0 aliphatic carbocycles. The van der Waals surface area contributed by atoms with Crippen molar-refractivity contribution in [1.82, 2.24) is 14.7 Å². The van der Waals surface area contributed by atoms with Crippen LogP contribution in [-0.4, -0.2) is 39.9 Å². The minimum atomic E-state index is -4.55. The standard InChI is InChI=1S/C18H20F3N3O2/c1-4-9-23(11-18(19,20)21)17(26)15-13-7-5-6-8-14(13)16(25)24(22-15)10-12(2)3/h4-8,12H,1,9-11H2,2-3H3. The van der Waals surface area contributed by atoms with Gasteiger partial charge in [0.1, 0.15) is 6.54 Å². The summed E-state index contributed by atoms with van der Waals surface area (Å²) >= 11 is 0. The fourth-order valence-corrected chi connectivity index (χ4v) is 2.60. The van der Waals surface area contributed by atoms with Crippen LogP contribution in [0.4, 0.5) is 13.2 Å². The van der Waals surface area contributed by atoms with Gasteiger partial charge in [-0.05, 0) is 12.0 Å². The Morgan fingerprint density at radius 3 is 2.46 bits per heavy atom. The molecule has 0 fully saturated rings. The van der Waals surface area contributed by atoms with Crippen LogP contribution in [0.2, 0.25) is 0 Å². The fourth-order valence-electron chi connectivity index (χ4n) is 2.60. The number of nitrogens with zero attached hydrogens (tertiary/aromatic N) is 3. The summed E-state index contributed by atoms with van der Waals surface area (Å²) in [5.74, 6) is -0.820. The summed E-state index contributed by atoms with van der Waals surface area (Å²) < 4.78 is 39.6. The Hall–Kier alpha value is -2.64. The number of hydrogen-bond donors (Lipinski definition) is 0. The number of amides is 1. The van der Waals surface area contributed by atoms with E-state index in [0.29, 0.717) is 4.90 Å². The van der Waals surface area contributed by atoms with E-state index in [1.807, 2.05) is 13.8 Å². The third-order valence-corrected chi connectivity index (χ3v) is 3.62. The van der Waals surface area contributed by atoms with Crippen LogP contribution in [0.25, 0.3) is 10.8 Å². The number of hydrogen-bond acceptors (Lipinski definition) is 3. The predicted molar refractivity (Wildman–Crippen MR) is 93.0 cm³/mol. The molecular formula is C18H20F3N3O2. The van der Waals surface area contributed by atoms with Crippen molar-refractivity contribution in [3.8, 4) is 0 Å². The van der Waals surface area contributed by atoms with Crippen LogP contribution in [-0.2, 0) is 6.54 Å². The van der Waals surface area contributed by atoms with Crippen molar-refractivity contribution < 1.29 is 18.0 Å². The average molecular weight is 367 g/mol. The zero-order chi connectivity index (χ0) is 19.5. The molecule has 26 heavy (non-hydrogen) atoms. The van der Waals surface area contributed by atoms with Crippen molar-refractivity contribution in [3.05, 3.63) is 53.0 Å². The quantitative estimate of drug-likeness (QED) is 0.737. The molecule has 0 N–H and O–H groups in total. The molecule has 0 aliphatic heterocycles. The lowest BCUT2D eigenvalue weighted by Crippen LogP contribution is -2.40. The maximum Gasteiger partial charge on any atom is 0.406 e. The topological polar surface area (TPSA) is 55.2 Å². The van der Waals surface area contributed by atoms with E-state index >= 15 is 0 Å². The van der Waals surface area contributed by atoms with Gasteiger partial charge in [0.15, 0.2) is 5.69 Å². The van der Waals surface area contributed by atoms with Crippen molar-refractivity contribution in [2.24, 2.45) is 5.92 Å². The van der Waals surface area contributed by atoms with E-state index in [-0.39, 0.29) is 41.0 Å². The summed E-state index contributed by atoms with van der Waals surface area (Å²) in [6, 6.07) is 6.29. The Kier molecular flexibility index (Phi) is 5.84. The van der Waals surface area contributed by atoms with Gasteiger partial charge in [-0.15, -0.1) is 6.58 Å². The van der Waals surface area contributed by atoms with Gasteiger partial charge in [-0.25, -0.2) is 4.68 Å². The highest BCUT2D eigenvalue weighted by Gasteiger charge is 2.34. The molecule has 1 aromatic heterocycles. The van der Waals surface area contributed by atoms with E-state index in [0.717, 1.165) is 4.68 Å². The highest BCUT2D eigenvalue weighted by molar-refractivity contribution is 6.04. The van der Waals surface area contributed by atoms with Crippen LogP contribution in [0.1, 0.15) is 24.3 Å². The zero-order valence-corrected chi connectivity index (χ0v) is 14.6. The number of halogens is 3. The molecule has 0 saturated heterocycles. The van der Waals surface area contributed by atoms with Gasteiger partial charge in [0.25, 0.3) is 11.5 Å². The maximum absolute atomic E-state index is 12.8. The zero-order valence-electron chi connectivity index (χ0n) is 14.6. The number of fused-ring (bicyclic) bond motifs is 1. The van der Waals surface area contributed by atoms with Crippen molar-refractivity contribution >= 4 is 16.7 Å². The van der Waals surface area contributed by atoms with Gasteiger partial charge >= 0.3 is 6.18 Å². The molecule has 0 unspecified atom stereocenters. The highest BCUT2D eigenvalue weighted by atomic mass is 19.4. The second-order valence-electron chi connectivity index (χ2n) is 6.36. The van der Waals surface area contributed by atoms with Crippen molar-refractivity contribution in [3.63, 3.8) is 0 Å². The molecule has 0 saturated carbocycles. The molecule has 0 radical (unpaired) electrons. The van der Waals surface area contributed by atoms with E-state index in [1.165, 1.54) is 18.2 Å². The van der Waals surface area contributed by atoms with E-state index in [9.17, 15) is 22.8 Å². The molecular weight excluding hydrogens is 347 g/mol. The second kappa shape index (κ2) is 7.72. The highest BCUT2D eigenvalue weighted by Crippen LogP contribution is 2.20. The molecule has 0 bridgehead atoms. The maximum atomic E-state index is 12.8. The Morgan fingerprint density at radius 1 is 1.31 bits per heavy atom. The van der Waals surface area contributed by atoms with Crippen LogP contribution in [0.5, 0.6) is 0 Å². The molecule has 1 amide bonds. The number of rotatable bonds is 6. The van der Waals surface area contributed by atoms with Crippen LogP contribution >= 0.6 is 0 Å². The van der Waals surface area contributed by atoms with Gasteiger partial charge in [0, 0.05) is 18.5 Å². The van der Waals surface area contributed by atoms with Gasteiger partial charge in [-0.1, -0.05) is 38.1 Å². The summed E-state index contributed by atoms with van der Waals surface area (Å²) in [5, 5.41) is 4.57. The number of carbonyl (C=O) groups is 1. The van der Waals surface area contributed by atoms with Gasteiger partial charge in [0.05, 0.1) is 5.39 Å². The van der Waals surface area contributed by atoms with Gasteiger partial charge in [-0.2, -0.15) is 18.3 Å². The number of aromatic nitrogens is 2. The van der Waals surface area contributed by atoms with Crippen LogP contribution < -0.4 is 5.56 Å². The minimum Gasteiger partial charge on any atom is -0.324 e. The first-order chi connectivity index (χ1) is 12.1. The molecule has 5 nitrogen and oxygen atoms in total. The fraction of sp³-hybridized carbons (Fsp3) is 0.389. The Labute approximate surface area is 148 Å². The van der Waals surface area contributed by atoms with Crippen LogP contribution in [0.3, 0.4) is 0 Å². The number of carbonyl (C=O) groups excluding carboxylic acids is 1. The molecule has 0 atom stereocenters. The van der Waals surface area contributed by atoms with Crippen molar-refractivity contribution in [2.75, 3.05) is 13.1 Å². The normalized spacial score (nSPS) is 11.8. The predicted octanol–water partition coefficient (Wildman–Crippen LogP) is 3.24. The average Bonchev–Trinajstić information content (AvgIpc) is 2.55. The molecule has 8 heteroatoms. The third kappa shape index (κ3) is 4.50. The van der Waals surface area contributed by atoms with Crippen molar-refractivity contribution in [1.29, 1.82) is 0 Å². The molecule has 140 valence electrons. The van der Waals surface area contributed by atoms with Crippen LogP contribution in [0, 0.1) is 5.92 Å². The molecule has 0 aliphatic rings. The molecule has 1 aromatic carbocycles. The largest absolute Gasteiger partial charge is 0.406 e. The Bertz CT molecular complexity index is 872. The number of benzene rings is 1. The lowest BCUT2D eigenvalue weighted by molar-refractivity contribution is -0.139. The smallest absolute Gasteiger partial charge is 0.324 e. The first-order valence-corrected chi connectivity index (χ1v) is 8.11. The summed E-state index contributed by atoms with van der Waals surface area (Å²) in [7, 11) is 0. The summed E-state index contributed by atoms with van der Waals surface area (Å²) in [4.78, 5) is 25.9. The summed E-state index contributed by atoms with van der Waals surface area (Å²) in [5.41, 5.74) is -0.552. The van der Waals surface area contributed by atoms with E-state index in [4.69, 9.17) is 0 Å². The first kappa shape index (κ1) is 19.7. The van der Waals surface area contributed by atoms with E-state index < -0.39 is 18.6 Å². The second-order valence-corrected chi connectivity index (χ2v) is 6.36. The van der Waals surface area contributed by atoms with Gasteiger partial charge < -0.3 is 4.90 Å². The molecule has 1 heterocycles. The molecule has 0 spiro atoms. The van der Waals surface area contributed by atoms with Crippen LogP contribution in [0.15, 0.2) is 41.7 Å². The monoisotopic (exact) mass is 367 g/mol. The summed E-state index contributed by atoms with van der Waals surface area (Å²) in [6.07, 6.45) is -3.34. The van der Waals surface area contributed by atoms with Gasteiger partial charge in [-0.3, -0.25) is 9.59 Å². The summed E-state index contributed by atoms with van der Waals surface area (Å²) in [6.45, 7) is 5.71. The lowest BCUT2D eigenvalue weighted by atomic mass is 10.1. The third-order valence-electron chi connectivity index (χ3n) is 3.62.